The van der Waals surface area contributed by atoms with E-state index in [4.69, 9.17) is 23.2 Å². The molecule has 1 N–H and O–H groups in total. The van der Waals surface area contributed by atoms with Gasteiger partial charge in [0.05, 0.1) is 6.10 Å². The van der Waals surface area contributed by atoms with Gasteiger partial charge in [-0.05, 0) is 30.2 Å². The van der Waals surface area contributed by atoms with Crippen molar-refractivity contribution in [1.29, 1.82) is 0 Å². The van der Waals surface area contributed by atoms with Crippen LogP contribution in [0.4, 0.5) is 0 Å². The maximum absolute atomic E-state index is 11.8. The number of β-amino-alcohol motifs (C(OH)–C–C–N with tert-alkyl or cyclic N) is 1. The summed E-state index contributed by atoms with van der Waals surface area (Å²) in [4.78, 5) is 13.4. The van der Waals surface area contributed by atoms with Gasteiger partial charge >= 0.3 is 0 Å². The number of carbonyl (C=O) groups excluding carboxylic acids is 1. The topological polar surface area (TPSA) is 40.5 Å². The Morgan fingerprint density at radius 2 is 2.22 bits per heavy atom. The van der Waals surface area contributed by atoms with Crippen molar-refractivity contribution in [2.24, 2.45) is 0 Å². The Labute approximate surface area is 116 Å². The largest absolute Gasteiger partial charge is 0.391 e. The van der Waals surface area contributed by atoms with Crippen LogP contribution < -0.4 is 0 Å². The Bertz CT molecular complexity index is 488. The summed E-state index contributed by atoms with van der Waals surface area (Å²) in [7, 11) is 0. The number of carbonyl (C=O) groups is 1. The Hall–Kier alpha value is -1.03. The molecule has 0 saturated carbocycles. The predicted octanol–water partition coefficient (Wildman–Crippen LogP) is 2.60. The lowest BCUT2D eigenvalue weighted by Gasteiger charge is -2.12. The van der Waals surface area contributed by atoms with Crippen LogP contribution in [-0.2, 0) is 4.79 Å². The minimum absolute atomic E-state index is 0.113. The SMILES string of the molecule is O=C(/C=C/c1ccc(Cl)cc1Cl)N1CC[C@H](O)C1. The van der Waals surface area contributed by atoms with Crippen LogP contribution in [0.25, 0.3) is 6.08 Å². The molecule has 1 aromatic carbocycles. The van der Waals surface area contributed by atoms with Gasteiger partial charge in [-0.3, -0.25) is 4.79 Å². The standard InChI is InChI=1S/C13H13Cl2NO2/c14-10-3-1-9(12(15)7-10)2-4-13(18)16-6-5-11(17)8-16/h1-4,7,11,17H,5-6,8H2/b4-2+/t11-/m0/s1. The molecule has 0 radical (unpaired) electrons. The van der Waals surface area contributed by atoms with E-state index in [0.717, 1.165) is 5.56 Å². The molecule has 0 aromatic heterocycles. The predicted molar refractivity (Wildman–Crippen MR) is 72.7 cm³/mol. The van der Waals surface area contributed by atoms with E-state index in [-0.39, 0.29) is 5.91 Å². The number of halogens is 2. The van der Waals surface area contributed by atoms with E-state index in [0.29, 0.717) is 29.6 Å². The van der Waals surface area contributed by atoms with E-state index in [9.17, 15) is 9.90 Å². The Morgan fingerprint density at radius 1 is 1.44 bits per heavy atom. The molecule has 1 amide bonds. The molecule has 1 aromatic rings. The van der Waals surface area contributed by atoms with Gasteiger partial charge < -0.3 is 10.0 Å². The smallest absolute Gasteiger partial charge is 0.246 e. The molecular formula is C13H13Cl2NO2. The first kappa shape index (κ1) is 13.4. The van der Waals surface area contributed by atoms with Gasteiger partial charge in [0, 0.05) is 29.2 Å². The minimum Gasteiger partial charge on any atom is -0.391 e. The highest BCUT2D eigenvalue weighted by atomic mass is 35.5. The summed E-state index contributed by atoms with van der Waals surface area (Å²) in [5.41, 5.74) is 0.745. The number of likely N-dealkylation sites (tertiary alicyclic amines) is 1. The first-order valence-corrected chi connectivity index (χ1v) is 6.42. The molecular weight excluding hydrogens is 273 g/mol. The second-order valence-electron chi connectivity index (χ2n) is 4.23. The van der Waals surface area contributed by atoms with Crippen molar-refractivity contribution in [2.75, 3.05) is 13.1 Å². The third kappa shape index (κ3) is 3.25. The van der Waals surface area contributed by atoms with Gasteiger partial charge in [-0.2, -0.15) is 0 Å². The second kappa shape index (κ2) is 5.74. The molecule has 1 aliphatic heterocycles. The number of hydrogen-bond acceptors (Lipinski definition) is 2. The van der Waals surface area contributed by atoms with Crippen molar-refractivity contribution in [3.63, 3.8) is 0 Å². The van der Waals surface area contributed by atoms with Crippen LogP contribution in [-0.4, -0.2) is 35.1 Å². The Balaban J connectivity index is 2.04. The molecule has 96 valence electrons. The van der Waals surface area contributed by atoms with Crippen molar-refractivity contribution >= 4 is 35.2 Å². The Kier molecular flexibility index (Phi) is 4.27. The van der Waals surface area contributed by atoms with Crippen LogP contribution in [0.1, 0.15) is 12.0 Å². The van der Waals surface area contributed by atoms with Crippen molar-refractivity contribution in [3.05, 3.63) is 39.9 Å². The molecule has 1 atom stereocenters. The molecule has 5 heteroatoms. The number of amides is 1. The number of rotatable bonds is 2. The summed E-state index contributed by atoms with van der Waals surface area (Å²) in [6.45, 7) is 0.996. The van der Waals surface area contributed by atoms with Crippen LogP contribution in [0.3, 0.4) is 0 Å². The average molecular weight is 286 g/mol. The minimum atomic E-state index is -0.401. The van der Waals surface area contributed by atoms with Gasteiger partial charge in [0.25, 0.3) is 0 Å². The van der Waals surface area contributed by atoms with Crippen LogP contribution in [0.15, 0.2) is 24.3 Å². The Morgan fingerprint density at radius 3 is 2.83 bits per heavy atom. The quantitative estimate of drug-likeness (QED) is 0.849. The molecule has 1 fully saturated rings. The molecule has 0 bridgehead atoms. The van der Waals surface area contributed by atoms with Gasteiger partial charge in [-0.1, -0.05) is 29.3 Å². The van der Waals surface area contributed by atoms with Gasteiger partial charge in [0.1, 0.15) is 0 Å². The van der Waals surface area contributed by atoms with E-state index in [2.05, 4.69) is 0 Å². The van der Waals surface area contributed by atoms with Gasteiger partial charge in [0.15, 0.2) is 0 Å². The highest BCUT2D eigenvalue weighted by molar-refractivity contribution is 6.35. The van der Waals surface area contributed by atoms with Crippen LogP contribution in [0.2, 0.25) is 10.0 Å². The normalized spacial score (nSPS) is 19.7. The summed E-state index contributed by atoms with van der Waals surface area (Å²) in [6.07, 6.45) is 3.36. The van der Waals surface area contributed by atoms with Crippen molar-refractivity contribution in [3.8, 4) is 0 Å². The van der Waals surface area contributed by atoms with Crippen molar-refractivity contribution in [2.45, 2.75) is 12.5 Å². The molecule has 1 heterocycles. The van der Waals surface area contributed by atoms with Gasteiger partial charge in [0.2, 0.25) is 5.91 Å². The molecule has 0 unspecified atom stereocenters. The number of aliphatic hydroxyl groups is 1. The van der Waals surface area contributed by atoms with E-state index < -0.39 is 6.10 Å². The van der Waals surface area contributed by atoms with Crippen molar-refractivity contribution < 1.29 is 9.90 Å². The van der Waals surface area contributed by atoms with Crippen molar-refractivity contribution in [1.82, 2.24) is 4.90 Å². The lowest BCUT2D eigenvalue weighted by Crippen LogP contribution is -2.27. The first-order valence-electron chi connectivity index (χ1n) is 5.66. The monoisotopic (exact) mass is 285 g/mol. The maximum atomic E-state index is 11.8. The van der Waals surface area contributed by atoms with Crippen LogP contribution in [0.5, 0.6) is 0 Å². The summed E-state index contributed by atoms with van der Waals surface area (Å²) in [5.74, 6) is -0.113. The first-order chi connectivity index (χ1) is 8.56. The van der Waals surface area contributed by atoms with E-state index in [1.54, 1.807) is 29.2 Å². The fourth-order valence-electron chi connectivity index (χ4n) is 1.85. The number of aliphatic hydroxyl groups excluding tert-OH is 1. The van der Waals surface area contributed by atoms with Gasteiger partial charge in [-0.15, -0.1) is 0 Å². The fraction of sp³-hybridized carbons (Fsp3) is 0.308. The van der Waals surface area contributed by atoms with E-state index in [1.165, 1.54) is 6.08 Å². The summed E-state index contributed by atoms with van der Waals surface area (Å²) < 4.78 is 0. The third-order valence-corrected chi connectivity index (χ3v) is 3.41. The fourth-order valence-corrected chi connectivity index (χ4v) is 2.32. The maximum Gasteiger partial charge on any atom is 0.246 e. The van der Waals surface area contributed by atoms with E-state index in [1.807, 2.05) is 0 Å². The summed E-state index contributed by atoms with van der Waals surface area (Å²) >= 11 is 11.8. The summed E-state index contributed by atoms with van der Waals surface area (Å²) in [6, 6.07) is 5.11. The lowest BCUT2D eigenvalue weighted by molar-refractivity contribution is -0.125. The zero-order valence-electron chi connectivity index (χ0n) is 9.64. The average Bonchev–Trinajstić information content (AvgIpc) is 2.74. The van der Waals surface area contributed by atoms with Crippen LogP contribution >= 0.6 is 23.2 Å². The molecule has 1 saturated heterocycles. The van der Waals surface area contributed by atoms with E-state index >= 15 is 0 Å². The molecule has 3 nitrogen and oxygen atoms in total. The van der Waals surface area contributed by atoms with Gasteiger partial charge in [-0.25, -0.2) is 0 Å². The summed E-state index contributed by atoms with van der Waals surface area (Å²) in [5, 5.41) is 10.4. The lowest BCUT2D eigenvalue weighted by atomic mass is 10.2. The molecule has 18 heavy (non-hydrogen) atoms. The molecule has 0 spiro atoms. The zero-order chi connectivity index (χ0) is 13.1. The second-order valence-corrected chi connectivity index (χ2v) is 5.07. The number of nitrogens with zero attached hydrogens (tertiary/aromatic N) is 1. The van der Waals surface area contributed by atoms with Crippen LogP contribution in [0, 0.1) is 0 Å². The number of hydrogen-bond donors (Lipinski definition) is 1. The molecule has 1 aliphatic rings. The highest BCUT2D eigenvalue weighted by Gasteiger charge is 2.22. The molecule has 0 aliphatic carbocycles. The molecule has 2 rings (SSSR count). The third-order valence-electron chi connectivity index (χ3n) is 2.84. The number of benzene rings is 1. The highest BCUT2D eigenvalue weighted by Crippen LogP contribution is 2.22. The zero-order valence-corrected chi connectivity index (χ0v) is 11.2.